The monoisotopic (exact) mass is 299 g/mol. The predicted octanol–water partition coefficient (Wildman–Crippen LogP) is 1.94. The number of hydrogen-bond donors (Lipinski definition) is 1. The van der Waals surface area contributed by atoms with Crippen molar-refractivity contribution in [1.82, 2.24) is 14.9 Å². The number of esters is 1. The molecule has 1 heterocycles. The molecule has 1 rings (SSSR count). The normalized spacial score (nSPS) is 13.2. The fourth-order valence-corrected chi connectivity index (χ4v) is 2.07. The second-order valence-electron chi connectivity index (χ2n) is 5.92. The van der Waals surface area contributed by atoms with Crippen molar-refractivity contribution < 1.29 is 14.3 Å². The number of amides is 1. The Bertz CT molecular complexity index is 491. The Morgan fingerprint density at radius 1 is 1.30 bits per heavy atom. The highest BCUT2D eigenvalue weighted by molar-refractivity contribution is 7.08. The Morgan fingerprint density at radius 3 is 2.30 bits per heavy atom. The Kier molecular flexibility index (Phi) is 5.21. The van der Waals surface area contributed by atoms with Crippen LogP contribution >= 0.6 is 11.5 Å². The zero-order valence-electron chi connectivity index (χ0n) is 12.7. The van der Waals surface area contributed by atoms with Crippen LogP contribution in [-0.4, -0.2) is 33.1 Å². The summed E-state index contributed by atoms with van der Waals surface area (Å²) in [5.74, 6) is -0.854. The summed E-state index contributed by atoms with van der Waals surface area (Å²) in [6.45, 7) is 10.8. The van der Waals surface area contributed by atoms with Gasteiger partial charge in [0.15, 0.2) is 0 Å². The molecule has 1 amide bonds. The SMILES string of the molecule is Cc1nnsc1C(=O)N[C@@H](C(=O)OC(C)(C)C)C(C)C. The van der Waals surface area contributed by atoms with E-state index in [4.69, 9.17) is 4.74 Å². The molecule has 112 valence electrons. The van der Waals surface area contributed by atoms with Crippen molar-refractivity contribution in [2.24, 2.45) is 5.92 Å². The molecular weight excluding hydrogens is 278 g/mol. The Balaban J connectivity index is 2.81. The van der Waals surface area contributed by atoms with Crippen LogP contribution in [0.25, 0.3) is 0 Å². The van der Waals surface area contributed by atoms with E-state index in [-0.39, 0.29) is 11.8 Å². The molecule has 0 saturated carbocycles. The number of nitrogens with one attached hydrogen (secondary N) is 1. The summed E-state index contributed by atoms with van der Waals surface area (Å²) in [5.41, 5.74) is -0.0316. The van der Waals surface area contributed by atoms with Gasteiger partial charge in [0.2, 0.25) is 0 Å². The number of aromatic nitrogens is 2. The smallest absolute Gasteiger partial charge is 0.329 e. The number of nitrogens with zero attached hydrogens (tertiary/aromatic N) is 2. The van der Waals surface area contributed by atoms with Crippen molar-refractivity contribution in [3.63, 3.8) is 0 Å². The first-order valence-electron chi connectivity index (χ1n) is 6.44. The first-order chi connectivity index (χ1) is 9.11. The molecule has 1 atom stereocenters. The molecule has 0 aromatic carbocycles. The van der Waals surface area contributed by atoms with Gasteiger partial charge in [0.1, 0.15) is 16.5 Å². The maximum absolute atomic E-state index is 12.1. The first-order valence-corrected chi connectivity index (χ1v) is 7.22. The van der Waals surface area contributed by atoms with Gasteiger partial charge in [-0.1, -0.05) is 18.3 Å². The van der Waals surface area contributed by atoms with E-state index in [0.717, 1.165) is 11.5 Å². The summed E-state index contributed by atoms with van der Waals surface area (Å²) >= 11 is 1.01. The van der Waals surface area contributed by atoms with Gasteiger partial charge in [0.25, 0.3) is 5.91 Å². The summed E-state index contributed by atoms with van der Waals surface area (Å²) in [6, 6.07) is -0.691. The summed E-state index contributed by atoms with van der Waals surface area (Å²) in [6.07, 6.45) is 0. The van der Waals surface area contributed by atoms with E-state index in [1.54, 1.807) is 27.7 Å². The minimum atomic E-state index is -0.691. The van der Waals surface area contributed by atoms with Gasteiger partial charge in [-0.25, -0.2) is 4.79 Å². The lowest BCUT2D eigenvalue weighted by atomic mass is 10.0. The van der Waals surface area contributed by atoms with Crippen LogP contribution in [0.3, 0.4) is 0 Å². The van der Waals surface area contributed by atoms with E-state index < -0.39 is 17.6 Å². The molecule has 1 aromatic heterocycles. The van der Waals surface area contributed by atoms with Crippen LogP contribution in [0.4, 0.5) is 0 Å². The molecule has 20 heavy (non-hydrogen) atoms. The van der Waals surface area contributed by atoms with Crippen LogP contribution in [0.1, 0.15) is 50.0 Å². The first kappa shape index (κ1) is 16.6. The lowest BCUT2D eigenvalue weighted by Gasteiger charge is -2.26. The second-order valence-corrected chi connectivity index (χ2v) is 6.67. The van der Waals surface area contributed by atoms with Crippen molar-refractivity contribution in [3.05, 3.63) is 10.6 Å². The fraction of sp³-hybridized carbons (Fsp3) is 0.692. The molecule has 7 heteroatoms. The fourth-order valence-electron chi connectivity index (χ4n) is 1.51. The van der Waals surface area contributed by atoms with E-state index >= 15 is 0 Å². The van der Waals surface area contributed by atoms with E-state index in [2.05, 4.69) is 14.9 Å². The van der Waals surface area contributed by atoms with Crippen molar-refractivity contribution in [2.75, 3.05) is 0 Å². The predicted molar refractivity (Wildman–Crippen MR) is 76.6 cm³/mol. The third-order valence-electron chi connectivity index (χ3n) is 2.47. The third-order valence-corrected chi connectivity index (χ3v) is 3.30. The van der Waals surface area contributed by atoms with Gasteiger partial charge in [-0.05, 0) is 45.1 Å². The maximum atomic E-state index is 12.1. The number of aryl methyl sites for hydroxylation is 1. The molecule has 0 radical (unpaired) electrons. The van der Waals surface area contributed by atoms with Crippen molar-refractivity contribution >= 4 is 23.4 Å². The van der Waals surface area contributed by atoms with E-state index in [0.29, 0.717) is 10.6 Å². The highest BCUT2D eigenvalue weighted by Crippen LogP contribution is 2.14. The van der Waals surface area contributed by atoms with Crippen LogP contribution in [0.5, 0.6) is 0 Å². The molecule has 0 fully saturated rings. The Hall–Kier alpha value is -1.50. The summed E-state index contributed by atoms with van der Waals surface area (Å²) < 4.78 is 9.04. The van der Waals surface area contributed by atoms with Gasteiger partial charge < -0.3 is 10.1 Å². The highest BCUT2D eigenvalue weighted by atomic mass is 32.1. The van der Waals surface area contributed by atoms with Crippen LogP contribution in [-0.2, 0) is 9.53 Å². The third kappa shape index (κ3) is 4.56. The van der Waals surface area contributed by atoms with Crippen molar-refractivity contribution in [3.8, 4) is 0 Å². The molecular formula is C13H21N3O3S. The molecule has 0 bridgehead atoms. The maximum Gasteiger partial charge on any atom is 0.329 e. The van der Waals surface area contributed by atoms with Crippen LogP contribution in [0.15, 0.2) is 0 Å². The molecule has 1 aromatic rings. The molecule has 0 aliphatic rings. The van der Waals surface area contributed by atoms with E-state index in [9.17, 15) is 9.59 Å². The summed E-state index contributed by atoms with van der Waals surface area (Å²) in [4.78, 5) is 24.7. The number of carbonyl (C=O) groups excluding carboxylic acids is 2. The van der Waals surface area contributed by atoms with E-state index in [1.165, 1.54) is 0 Å². The van der Waals surface area contributed by atoms with Crippen molar-refractivity contribution in [2.45, 2.75) is 53.2 Å². The van der Waals surface area contributed by atoms with E-state index in [1.807, 2.05) is 13.8 Å². The number of hydrogen-bond acceptors (Lipinski definition) is 6. The Morgan fingerprint density at radius 2 is 1.90 bits per heavy atom. The topological polar surface area (TPSA) is 81.2 Å². The van der Waals surface area contributed by atoms with Crippen LogP contribution in [0.2, 0.25) is 0 Å². The van der Waals surface area contributed by atoms with Gasteiger partial charge >= 0.3 is 5.97 Å². The molecule has 6 nitrogen and oxygen atoms in total. The Labute approximate surface area is 123 Å². The minimum Gasteiger partial charge on any atom is -0.458 e. The molecule has 0 spiro atoms. The standard InChI is InChI=1S/C13H21N3O3S/c1-7(2)9(12(18)19-13(4,5)6)14-11(17)10-8(3)15-16-20-10/h7,9H,1-6H3,(H,14,17)/t9-/m1/s1. The number of rotatable bonds is 4. The number of ether oxygens (including phenoxy) is 1. The van der Waals surface area contributed by atoms with Crippen LogP contribution in [0, 0.1) is 12.8 Å². The van der Waals surface area contributed by atoms with Gasteiger partial charge in [0.05, 0.1) is 5.69 Å². The van der Waals surface area contributed by atoms with Gasteiger partial charge in [-0.15, -0.1) is 5.10 Å². The largest absolute Gasteiger partial charge is 0.458 e. The quantitative estimate of drug-likeness (QED) is 0.859. The summed E-state index contributed by atoms with van der Waals surface area (Å²) in [7, 11) is 0. The number of carbonyl (C=O) groups is 2. The van der Waals surface area contributed by atoms with Gasteiger partial charge in [0, 0.05) is 0 Å². The molecule has 0 unspecified atom stereocenters. The highest BCUT2D eigenvalue weighted by Gasteiger charge is 2.30. The zero-order chi connectivity index (χ0) is 15.5. The average molecular weight is 299 g/mol. The van der Waals surface area contributed by atoms with Crippen molar-refractivity contribution in [1.29, 1.82) is 0 Å². The lowest BCUT2D eigenvalue weighted by molar-refractivity contribution is -0.158. The molecule has 0 aliphatic heterocycles. The average Bonchev–Trinajstić information content (AvgIpc) is 2.69. The van der Waals surface area contributed by atoms with Gasteiger partial charge in [-0.2, -0.15) is 0 Å². The van der Waals surface area contributed by atoms with Crippen LogP contribution < -0.4 is 5.32 Å². The molecule has 0 saturated heterocycles. The summed E-state index contributed by atoms with van der Waals surface area (Å²) in [5, 5.41) is 6.48. The zero-order valence-corrected chi connectivity index (χ0v) is 13.5. The van der Waals surface area contributed by atoms with Gasteiger partial charge in [-0.3, -0.25) is 4.79 Å². The lowest BCUT2D eigenvalue weighted by Crippen LogP contribution is -2.47. The second kappa shape index (κ2) is 6.30. The minimum absolute atomic E-state index is 0.0741. The molecule has 1 N–H and O–H groups in total. The molecule has 0 aliphatic carbocycles.